The van der Waals surface area contributed by atoms with E-state index < -0.39 is 0 Å². The Morgan fingerprint density at radius 3 is 2.36 bits per heavy atom. The van der Waals surface area contributed by atoms with Crippen LogP contribution in [-0.4, -0.2) is 16.7 Å². The van der Waals surface area contributed by atoms with Gasteiger partial charge in [-0.25, -0.2) is 0 Å². The number of fused-ring (bicyclic) bond motifs is 10. The van der Waals surface area contributed by atoms with Crippen molar-refractivity contribution in [3.05, 3.63) is 180 Å². The number of rotatable bonds is 3. The smallest absolute Gasteiger partial charge is 0.135 e. The first-order chi connectivity index (χ1) is 24.8. The van der Waals surface area contributed by atoms with E-state index in [1.54, 1.807) is 0 Å². The van der Waals surface area contributed by atoms with Crippen LogP contribution in [0.3, 0.4) is 0 Å². The lowest BCUT2D eigenvalue weighted by atomic mass is 9.86. The Morgan fingerprint density at radius 2 is 1.44 bits per heavy atom. The topological polar surface area (TPSA) is 32.2 Å². The monoisotopic (exact) mass is 644 g/mol. The highest BCUT2D eigenvalue weighted by Crippen LogP contribution is 2.53. The van der Waals surface area contributed by atoms with Crippen molar-refractivity contribution in [3.8, 4) is 5.69 Å². The second-order valence-corrected chi connectivity index (χ2v) is 14.1. The van der Waals surface area contributed by atoms with E-state index in [1.165, 1.54) is 71.9 Å². The fourth-order valence-electron chi connectivity index (χ4n) is 9.12. The maximum atomic E-state index is 4.13. The van der Waals surface area contributed by atoms with Crippen molar-refractivity contribution in [2.24, 2.45) is 0 Å². The first-order valence-corrected chi connectivity index (χ1v) is 17.9. The van der Waals surface area contributed by atoms with Crippen molar-refractivity contribution >= 4 is 49.9 Å². The minimum absolute atomic E-state index is 0.239. The van der Waals surface area contributed by atoms with Crippen LogP contribution in [0.15, 0.2) is 157 Å². The first kappa shape index (κ1) is 27.9. The van der Waals surface area contributed by atoms with Crippen molar-refractivity contribution in [2.45, 2.75) is 37.3 Å². The van der Waals surface area contributed by atoms with E-state index in [0.29, 0.717) is 6.04 Å². The van der Waals surface area contributed by atoms with Gasteiger partial charge in [-0.3, -0.25) is 4.90 Å². The Bertz CT molecular complexity index is 2600. The number of hydrogen-bond acceptors (Lipinski definition) is 3. The maximum Gasteiger partial charge on any atom is 0.135 e. The summed E-state index contributed by atoms with van der Waals surface area (Å²) in [6.45, 7) is 0. The Labute approximate surface area is 291 Å². The number of benzene rings is 6. The Morgan fingerprint density at radius 1 is 0.660 bits per heavy atom. The third-order valence-corrected chi connectivity index (χ3v) is 11.4. The van der Waals surface area contributed by atoms with Crippen LogP contribution in [0.5, 0.6) is 0 Å². The van der Waals surface area contributed by atoms with E-state index >= 15 is 0 Å². The molecule has 0 bridgehead atoms. The molecule has 4 nitrogen and oxygen atoms in total. The summed E-state index contributed by atoms with van der Waals surface area (Å²) in [7, 11) is 0. The number of aromatic nitrogens is 1. The average molecular weight is 645 g/mol. The Hall–Kier alpha value is -6.00. The molecule has 0 fully saturated rings. The fourth-order valence-corrected chi connectivity index (χ4v) is 9.12. The molecule has 3 atom stereocenters. The SMILES string of the molecule is C1=CC2NC(c3ccc4ccccc4c3)=C(N3C4=Cc5c(c6ccc7ccccc7c6n5-c5ccccc5)CC4c4ccccc43)NC2CC1. The average Bonchev–Trinajstić information content (AvgIpc) is 3.69. The summed E-state index contributed by atoms with van der Waals surface area (Å²) in [6, 6.07) is 49.6. The van der Waals surface area contributed by atoms with Gasteiger partial charge in [0.15, 0.2) is 0 Å². The van der Waals surface area contributed by atoms with Gasteiger partial charge in [0.2, 0.25) is 0 Å². The van der Waals surface area contributed by atoms with E-state index in [2.05, 4.69) is 172 Å². The fraction of sp³-hybridized carbons (Fsp3) is 0.130. The van der Waals surface area contributed by atoms with Gasteiger partial charge in [0.1, 0.15) is 5.82 Å². The minimum Gasteiger partial charge on any atom is -0.373 e. The van der Waals surface area contributed by atoms with Gasteiger partial charge in [0.05, 0.1) is 34.7 Å². The van der Waals surface area contributed by atoms with Crippen molar-refractivity contribution in [1.29, 1.82) is 0 Å². The predicted octanol–water partition coefficient (Wildman–Crippen LogP) is 10.0. The van der Waals surface area contributed by atoms with Gasteiger partial charge in [-0.1, -0.05) is 121 Å². The molecular weight excluding hydrogens is 609 g/mol. The van der Waals surface area contributed by atoms with Crippen LogP contribution in [-0.2, 0) is 6.42 Å². The van der Waals surface area contributed by atoms with E-state index in [0.717, 1.165) is 30.8 Å². The minimum atomic E-state index is 0.239. The van der Waals surface area contributed by atoms with E-state index in [-0.39, 0.29) is 12.0 Å². The zero-order valence-corrected chi connectivity index (χ0v) is 27.7. The Kier molecular flexibility index (Phi) is 6.00. The molecule has 0 amide bonds. The molecule has 3 unspecified atom stereocenters. The molecule has 4 heteroatoms. The van der Waals surface area contributed by atoms with E-state index in [9.17, 15) is 0 Å². The highest BCUT2D eigenvalue weighted by molar-refractivity contribution is 6.10. The van der Waals surface area contributed by atoms with Crippen LogP contribution in [0.4, 0.5) is 5.69 Å². The summed E-state index contributed by atoms with van der Waals surface area (Å²) >= 11 is 0. The molecule has 7 aromatic rings. The van der Waals surface area contributed by atoms with Crippen LogP contribution in [0.2, 0.25) is 0 Å². The van der Waals surface area contributed by atoms with Crippen LogP contribution in [0.1, 0.15) is 41.1 Å². The largest absolute Gasteiger partial charge is 0.373 e. The van der Waals surface area contributed by atoms with Gasteiger partial charge in [-0.05, 0) is 76.9 Å². The zero-order valence-electron chi connectivity index (χ0n) is 27.7. The predicted molar refractivity (Wildman–Crippen MR) is 207 cm³/mol. The van der Waals surface area contributed by atoms with Gasteiger partial charge in [-0.2, -0.15) is 0 Å². The summed E-state index contributed by atoms with van der Waals surface area (Å²) < 4.78 is 2.52. The zero-order chi connectivity index (χ0) is 32.8. The first-order valence-electron chi connectivity index (χ1n) is 17.9. The van der Waals surface area contributed by atoms with Gasteiger partial charge in [-0.15, -0.1) is 0 Å². The van der Waals surface area contributed by atoms with Crippen molar-refractivity contribution in [3.63, 3.8) is 0 Å². The molecule has 2 aliphatic heterocycles. The molecule has 1 aromatic heterocycles. The lowest BCUT2D eigenvalue weighted by molar-refractivity contribution is 0.417. The normalized spacial score (nSPS) is 20.6. The number of allylic oxidation sites excluding steroid dienone is 2. The number of para-hydroxylation sites is 2. The third-order valence-electron chi connectivity index (χ3n) is 11.4. The van der Waals surface area contributed by atoms with Gasteiger partial charge >= 0.3 is 0 Å². The third kappa shape index (κ3) is 4.05. The summed E-state index contributed by atoms with van der Waals surface area (Å²) in [5.41, 5.74) is 11.5. The van der Waals surface area contributed by atoms with Gasteiger partial charge in [0, 0.05) is 33.6 Å². The summed E-state index contributed by atoms with van der Waals surface area (Å²) in [4.78, 5) is 2.56. The van der Waals surface area contributed by atoms with Crippen LogP contribution < -0.4 is 15.5 Å². The number of nitrogens with one attached hydrogen (secondary N) is 2. The molecule has 2 aliphatic carbocycles. The maximum absolute atomic E-state index is 4.13. The molecule has 0 radical (unpaired) electrons. The van der Waals surface area contributed by atoms with Crippen molar-refractivity contribution in [1.82, 2.24) is 15.2 Å². The Balaban J connectivity index is 1.18. The van der Waals surface area contributed by atoms with Crippen molar-refractivity contribution < 1.29 is 0 Å². The number of anilines is 1. The van der Waals surface area contributed by atoms with Crippen LogP contribution >= 0.6 is 0 Å². The number of hydrogen-bond donors (Lipinski definition) is 2. The molecular formula is C46H36N4. The van der Waals surface area contributed by atoms with E-state index in [1.807, 2.05) is 0 Å². The highest BCUT2D eigenvalue weighted by Gasteiger charge is 2.43. The molecule has 0 saturated carbocycles. The van der Waals surface area contributed by atoms with Gasteiger partial charge in [0.25, 0.3) is 0 Å². The molecule has 6 aromatic carbocycles. The van der Waals surface area contributed by atoms with Crippen molar-refractivity contribution in [2.75, 3.05) is 4.90 Å². The second kappa shape index (κ2) is 10.8. The van der Waals surface area contributed by atoms with Crippen LogP contribution in [0.25, 0.3) is 49.9 Å². The van der Waals surface area contributed by atoms with Gasteiger partial charge < -0.3 is 15.2 Å². The standard InChI is InChI=1S/C46H36N4/c1-2-15-33(16-3-1)49-42-28-43-37(27-38(42)36-25-24-30-13-6-7-17-34(30)45(36)49)35-18-8-11-21-41(35)50(43)46-44(47-39-19-9-10-20-40(39)48-46)32-23-22-29-12-4-5-14-31(29)26-32/h1-9,11-19,21-26,28,37,39-40,47-48H,10,20,27H2. The molecule has 11 rings (SSSR count). The van der Waals surface area contributed by atoms with Crippen LogP contribution in [0, 0.1) is 0 Å². The number of nitrogens with zero attached hydrogens (tertiary/aromatic N) is 2. The lowest BCUT2D eigenvalue weighted by Gasteiger charge is -2.42. The summed E-state index contributed by atoms with van der Waals surface area (Å²) in [5, 5.41) is 14.6. The molecule has 2 N–H and O–H groups in total. The highest BCUT2D eigenvalue weighted by atomic mass is 15.3. The molecule has 50 heavy (non-hydrogen) atoms. The molecule has 240 valence electrons. The summed E-state index contributed by atoms with van der Waals surface area (Å²) in [5.74, 6) is 1.39. The molecule has 4 aliphatic rings. The molecule has 3 heterocycles. The lowest BCUT2D eigenvalue weighted by Crippen LogP contribution is -2.55. The molecule has 0 spiro atoms. The summed E-state index contributed by atoms with van der Waals surface area (Å²) in [6.07, 6.45) is 10.3. The van der Waals surface area contributed by atoms with E-state index in [4.69, 9.17) is 0 Å². The second-order valence-electron chi connectivity index (χ2n) is 14.1. The quantitative estimate of drug-likeness (QED) is 0.188. The molecule has 0 saturated heterocycles.